The molecule has 150 valence electrons. The number of nitrogens with zero attached hydrogens (tertiary/aromatic N) is 2. The van der Waals surface area contributed by atoms with E-state index in [-0.39, 0.29) is 5.69 Å². The number of aryl methyl sites for hydroxylation is 2. The summed E-state index contributed by atoms with van der Waals surface area (Å²) in [6.07, 6.45) is 2.61. The van der Waals surface area contributed by atoms with E-state index in [0.717, 1.165) is 10.6 Å². The van der Waals surface area contributed by atoms with E-state index in [4.69, 9.17) is 4.74 Å². The van der Waals surface area contributed by atoms with E-state index >= 15 is 0 Å². The predicted molar refractivity (Wildman–Crippen MR) is 102 cm³/mol. The van der Waals surface area contributed by atoms with Gasteiger partial charge in [0.2, 0.25) is 10.0 Å². The van der Waals surface area contributed by atoms with Gasteiger partial charge in [-0.15, -0.1) is 0 Å². The molecule has 0 bridgehead atoms. The zero-order valence-electron chi connectivity index (χ0n) is 15.7. The Balaban J connectivity index is 1.96. The first kappa shape index (κ1) is 21.2. The number of nitrogens with one attached hydrogen (secondary N) is 1. The van der Waals surface area contributed by atoms with Crippen LogP contribution < -0.4 is 9.62 Å². The molecule has 10 heteroatoms. The van der Waals surface area contributed by atoms with E-state index < -0.39 is 41.0 Å². The molecule has 28 heavy (non-hydrogen) atoms. The van der Waals surface area contributed by atoms with Crippen molar-refractivity contribution >= 4 is 33.5 Å². The molecule has 2 aromatic rings. The lowest BCUT2D eigenvalue weighted by molar-refractivity contribution is -0.146. The first-order chi connectivity index (χ1) is 13.1. The molecule has 0 aliphatic heterocycles. The van der Waals surface area contributed by atoms with Gasteiger partial charge in [-0.1, -0.05) is 18.2 Å². The minimum Gasteiger partial charge on any atom is -0.454 e. The molecule has 0 unspecified atom stereocenters. The highest BCUT2D eigenvalue weighted by atomic mass is 32.2. The number of rotatable bonds is 7. The molecule has 0 fully saturated rings. The van der Waals surface area contributed by atoms with Crippen LogP contribution in [0.2, 0.25) is 0 Å². The standard InChI is InChI=1S/C18H21N3O6S/c1-13-7-4-5-8-14(13)21(28(3,25)26)11-17(23)27-12-16(22)19-18(24)15-9-6-10-20(15)2/h4-10H,11-12H2,1-3H3,(H,19,22,24). The number of benzene rings is 1. The molecule has 0 atom stereocenters. The van der Waals surface area contributed by atoms with E-state index in [1.165, 1.54) is 10.6 Å². The minimum atomic E-state index is -3.75. The van der Waals surface area contributed by atoms with Crippen molar-refractivity contribution in [3.8, 4) is 0 Å². The van der Waals surface area contributed by atoms with Crippen LogP contribution in [0.25, 0.3) is 0 Å². The fraction of sp³-hybridized carbons (Fsp3) is 0.278. The molecule has 9 nitrogen and oxygen atoms in total. The van der Waals surface area contributed by atoms with Gasteiger partial charge in [-0.25, -0.2) is 8.42 Å². The van der Waals surface area contributed by atoms with Crippen LogP contribution >= 0.6 is 0 Å². The van der Waals surface area contributed by atoms with Gasteiger partial charge in [0.1, 0.15) is 12.2 Å². The molecule has 1 aromatic carbocycles. The average Bonchev–Trinajstić information content (AvgIpc) is 3.04. The summed E-state index contributed by atoms with van der Waals surface area (Å²) >= 11 is 0. The highest BCUT2D eigenvalue weighted by molar-refractivity contribution is 7.92. The van der Waals surface area contributed by atoms with Crippen LogP contribution in [0, 0.1) is 6.92 Å². The van der Waals surface area contributed by atoms with Crippen molar-refractivity contribution in [2.24, 2.45) is 7.05 Å². The third-order valence-electron chi connectivity index (χ3n) is 3.85. The molecule has 1 heterocycles. The van der Waals surface area contributed by atoms with Crippen LogP contribution in [-0.4, -0.2) is 50.2 Å². The van der Waals surface area contributed by atoms with E-state index in [1.54, 1.807) is 50.5 Å². The highest BCUT2D eigenvalue weighted by Crippen LogP contribution is 2.21. The molecule has 0 spiro atoms. The van der Waals surface area contributed by atoms with Crippen molar-refractivity contribution in [2.45, 2.75) is 6.92 Å². The number of amides is 2. The van der Waals surface area contributed by atoms with Crippen molar-refractivity contribution < 1.29 is 27.5 Å². The van der Waals surface area contributed by atoms with Crippen molar-refractivity contribution in [3.63, 3.8) is 0 Å². The Kier molecular flexibility index (Phi) is 6.57. The topological polar surface area (TPSA) is 115 Å². The van der Waals surface area contributed by atoms with Gasteiger partial charge in [-0.3, -0.25) is 24.0 Å². The lowest BCUT2D eigenvalue weighted by Gasteiger charge is -2.23. The maximum absolute atomic E-state index is 12.1. The third kappa shape index (κ3) is 5.43. The second-order valence-corrected chi connectivity index (χ2v) is 8.01. The van der Waals surface area contributed by atoms with Crippen molar-refractivity contribution in [1.82, 2.24) is 9.88 Å². The van der Waals surface area contributed by atoms with E-state index in [0.29, 0.717) is 11.3 Å². The summed E-state index contributed by atoms with van der Waals surface area (Å²) in [5.41, 5.74) is 1.26. The Labute approximate surface area is 162 Å². The van der Waals surface area contributed by atoms with E-state index in [1.807, 2.05) is 0 Å². The van der Waals surface area contributed by atoms with E-state index in [9.17, 15) is 22.8 Å². The second kappa shape index (κ2) is 8.70. The van der Waals surface area contributed by atoms with Gasteiger partial charge in [0.05, 0.1) is 11.9 Å². The molecular weight excluding hydrogens is 386 g/mol. The summed E-state index contributed by atoms with van der Waals surface area (Å²) in [7, 11) is -2.11. The zero-order chi connectivity index (χ0) is 20.9. The first-order valence-corrected chi connectivity index (χ1v) is 10.1. The molecule has 0 aliphatic carbocycles. The predicted octanol–water partition coefficient (Wildman–Crippen LogP) is 0.599. The summed E-state index contributed by atoms with van der Waals surface area (Å²) < 4.78 is 31.4. The average molecular weight is 407 g/mol. The summed E-state index contributed by atoms with van der Waals surface area (Å²) in [6.45, 7) is 0.407. The van der Waals surface area contributed by atoms with Gasteiger partial charge in [0.25, 0.3) is 11.8 Å². The smallest absolute Gasteiger partial charge is 0.327 e. The maximum Gasteiger partial charge on any atom is 0.327 e. The van der Waals surface area contributed by atoms with Gasteiger partial charge in [0, 0.05) is 13.2 Å². The molecule has 2 amide bonds. The SMILES string of the molecule is Cc1ccccc1N(CC(=O)OCC(=O)NC(=O)c1cccn1C)S(C)(=O)=O. The van der Waals surface area contributed by atoms with Crippen LogP contribution in [-0.2, 0) is 31.4 Å². The first-order valence-electron chi connectivity index (χ1n) is 8.24. The van der Waals surface area contributed by atoms with Crippen LogP contribution in [0.4, 0.5) is 5.69 Å². The maximum atomic E-state index is 12.1. The van der Waals surface area contributed by atoms with Crippen molar-refractivity contribution in [2.75, 3.05) is 23.7 Å². The van der Waals surface area contributed by atoms with Gasteiger partial charge in [-0.2, -0.15) is 0 Å². The van der Waals surface area contributed by atoms with Gasteiger partial charge in [0.15, 0.2) is 6.61 Å². The number of anilines is 1. The van der Waals surface area contributed by atoms with Crippen LogP contribution in [0.1, 0.15) is 16.1 Å². The highest BCUT2D eigenvalue weighted by Gasteiger charge is 2.23. The number of imide groups is 1. The number of ether oxygens (including phenoxy) is 1. The molecule has 0 radical (unpaired) electrons. The fourth-order valence-electron chi connectivity index (χ4n) is 2.46. The summed E-state index contributed by atoms with van der Waals surface area (Å²) in [4.78, 5) is 35.8. The van der Waals surface area contributed by atoms with Crippen LogP contribution in [0.3, 0.4) is 0 Å². The minimum absolute atomic E-state index is 0.266. The van der Waals surface area contributed by atoms with Crippen LogP contribution in [0.15, 0.2) is 42.6 Å². The Bertz CT molecular complexity index is 996. The quantitative estimate of drug-likeness (QED) is 0.672. The fourth-order valence-corrected chi connectivity index (χ4v) is 3.36. The Hall–Kier alpha value is -3.14. The molecule has 1 N–H and O–H groups in total. The molecule has 1 aromatic heterocycles. The number of hydrogen-bond acceptors (Lipinski definition) is 6. The second-order valence-electron chi connectivity index (χ2n) is 6.10. The normalized spacial score (nSPS) is 11.0. The summed E-state index contributed by atoms with van der Waals surface area (Å²) in [5, 5.41) is 2.10. The number of sulfonamides is 1. The molecular formula is C18H21N3O6S. The monoisotopic (exact) mass is 407 g/mol. The number of esters is 1. The molecule has 0 aliphatic rings. The largest absolute Gasteiger partial charge is 0.454 e. The Morgan fingerprint density at radius 3 is 2.39 bits per heavy atom. The van der Waals surface area contributed by atoms with Crippen molar-refractivity contribution in [1.29, 1.82) is 0 Å². The number of carbonyl (C=O) groups is 3. The Morgan fingerprint density at radius 1 is 1.14 bits per heavy atom. The molecule has 0 saturated carbocycles. The zero-order valence-corrected chi connectivity index (χ0v) is 16.5. The lowest BCUT2D eigenvalue weighted by atomic mass is 10.2. The van der Waals surface area contributed by atoms with E-state index in [2.05, 4.69) is 5.32 Å². The molecule has 0 saturated heterocycles. The summed E-state index contributed by atoms with van der Waals surface area (Å²) in [6, 6.07) is 9.84. The van der Waals surface area contributed by atoms with Gasteiger partial charge < -0.3 is 9.30 Å². The van der Waals surface area contributed by atoms with Gasteiger partial charge >= 0.3 is 5.97 Å². The number of para-hydroxylation sites is 1. The third-order valence-corrected chi connectivity index (χ3v) is 4.98. The van der Waals surface area contributed by atoms with Crippen LogP contribution in [0.5, 0.6) is 0 Å². The number of aromatic nitrogens is 1. The lowest BCUT2D eigenvalue weighted by Crippen LogP contribution is -2.39. The number of hydrogen-bond donors (Lipinski definition) is 1. The molecule has 2 rings (SSSR count). The summed E-state index contributed by atoms with van der Waals surface area (Å²) in [5.74, 6) is -2.37. The van der Waals surface area contributed by atoms with Crippen molar-refractivity contribution in [3.05, 3.63) is 53.9 Å². The van der Waals surface area contributed by atoms with Gasteiger partial charge in [-0.05, 0) is 30.7 Å². The number of carbonyl (C=O) groups excluding carboxylic acids is 3. The Morgan fingerprint density at radius 2 is 1.82 bits per heavy atom.